The molecule has 0 heterocycles. The van der Waals surface area contributed by atoms with E-state index in [2.05, 4.69) is 85.0 Å². The van der Waals surface area contributed by atoms with Gasteiger partial charge in [0.1, 0.15) is 0 Å². The molecule has 0 aliphatic heterocycles. The van der Waals surface area contributed by atoms with E-state index in [9.17, 15) is 19.5 Å². The van der Waals surface area contributed by atoms with Crippen molar-refractivity contribution < 1.29 is 19.5 Å². The molecule has 2 aromatic rings. The Kier molecular flexibility index (Phi) is 10.1. The van der Waals surface area contributed by atoms with E-state index in [0.717, 1.165) is 13.2 Å². The molecule has 0 spiro atoms. The third kappa shape index (κ3) is 6.06. The first-order chi connectivity index (χ1) is 13.5. The van der Waals surface area contributed by atoms with Crippen LogP contribution < -0.4 is 10.6 Å². The summed E-state index contributed by atoms with van der Waals surface area (Å²) in [5.41, 5.74) is 1.51. The second kappa shape index (κ2) is 11.2. The van der Waals surface area contributed by atoms with Crippen LogP contribution >= 0.6 is 136 Å². The molecular weight excluding hydrogens is 1060 g/mol. The summed E-state index contributed by atoms with van der Waals surface area (Å²) in [6, 6.07) is 3.51. The van der Waals surface area contributed by atoms with Crippen molar-refractivity contribution in [3.63, 3.8) is 0 Å². The van der Waals surface area contributed by atoms with Crippen molar-refractivity contribution in [2.75, 3.05) is 10.6 Å². The van der Waals surface area contributed by atoms with Crippen LogP contribution in [0, 0.1) is 21.4 Å². The number of carbonyl (C=O) groups excluding carboxylic acids is 2. The van der Waals surface area contributed by atoms with Gasteiger partial charge < -0.3 is 15.7 Å². The van der Waals surface area contributed by atoms with E-state index in [1.165, 1.54) is 0 Å². The summed E-state index contributed by atoms with van der Waals surface area (Å²) in [7, 11) is 0. The lowest BCUT2D eigenvalue weighted by molar-refractivity contribution is -0.111. The number of aromatic carboxylic acids is 1. The standard InChI is InChI=1S/C17H8I6N2O4/c1-2-9(26)24-14-7(20)3-5(18)10(12(14)22)16(27)25-15-8(21)4-6(19)11(13(15)23)17(28)29/h2-4H,1H2,(H,24,26)(H,25,27)(H,28,29). The topological polar surface area (TPSA) is 95.5 Å². The van der Waals surface area contributed by atoms with E-state index in [1.807, 2.05) is 67.8 Å². The van der Waals surface area contributed by atoms with Crippen molar-refractivity contribution >= 4 is 165 Å². The van der Waals surface area contributed by atoms with E-state index in [1.54, 1.807) is 12.1 Å². The lowest BCUT2D eigenvalue weighted by Gasteiger charge is -2.17. The molecule has 2 amide bonds. The van der Waals surface area contributed by atoms with Crippen molar-refractivity contribution in [3.05, 3.63) is 57.3 Å². The van der Waals surface area contributed by atoms with Crippen LogP contribution in [-0.2, 0) is 4.79 Å². The van der Waals surface area contributed by atoms with Gasteiger partial charge in [-0.3, -0.25) is 9.59 Å². The van der Waals surface area contributed by atoms with Crippen molar-refractivity contribution in [1.29, 1.82) is 0 Å². The Bertz CT molecular complexity index is 1070. The van der Waals surface area contributed by atoms with Crippen molar-refractivity contribution in [1.82, 2.24) is 0 Å². The molecule has 0 radical (unpaired) electrons. The van der Waals surface area contributed by atoms with Gasteiger partial charge in [0.2, 0.25) is 5.91 Å². The van der Waals surface area contributed by atoms with Crippen LogP contribution in [0.25, 0.3) is 0 Å². The summed E-state index contributed by atoms with van der Waals surface area (Å²) in [6.07, 6.45) is 1.16. The number of benzene rings is 2. The van der Waals surface area contributed by atoms with E-state index in [-0.39, 0.29) is 11.5 Å². The molecule has 0 saturated carbocycles. The molecule has 2 aromatic carbocycles. The fourth-order valence-corrected chi connectivity index (χ4v) is 10.4. The largest absolute Gasteiger partial charge is 0.478 e. The van der Waals surface area contributed by atoms with E-state index in [0.29, 0.717) is 31.2 Å². The maximum atomic E-state index is 13.1. The van der Waals surface area contributed by atoms with Crippen LogP contribution in [0.5, 0.6) is 0 Å². The third-order valence-electron chi connectivity index (χ3n) is 3.45. The Morgan fingerprint density at radius 3 is 1.72 bits per heavy atom. The van der Waals surface area contributed by atoms with Gasteiger partial charge in [-0.05, 0) is 154 Å². The number of hydrogen-bond donors (Lipinski definition) is 3. The number of amides is 2. The van der Waals surface area contributed by atoms with Crippen LogP contribution in [0.2, 0.25) is 0 Å². The van der Waals surface area contributed by atoms with Crippen LogP contribution in [0.15, 0.2) is 24.8 Å². The SMILES string of the molecule is C=CC(=O)Nc1c(I)cc(I)c(C(=O)Nc2c(I)cc(I)c(C(=O)O)c2I)c1I. The highest BCUT2D eigenvalue weighted by Gasteiger charge is 2.24. The van der Waals surface area contributed by atoms with E-state index in [4.69, 9.17) is 0 Å². The molecule has 0 aliphatic rings. The minimum Gasteiger partial charge on any atom is -0.478 e. The van der Waals surface area contributed by atoms with Gasteiger partial charge in [0.15, 0.2) is 0 Å². The zero-order valence-corrected chi connectivity index (χ0v) is 26.8. The van der Waals surface area contributed by atoms with Crippen LogP contribution in [0.1, 0.15) is 20.7 Å². The minimum absolute atomic E-state index is 0.146. The summed E-state index contributed by atoms with van der Waals surface area (Å²) in [5, 5.41) is 15.1. The number of carboxylic acids is 1. The minimum atomic E-state index is -1.06. The Balaban J connectivity index is 2.56. The zero-order valence-electron chi connectivity index (χ0n) is 13.9. The van der Waals surface area contributed by atoms with E-state index >= 15 is 0 Å². The van der Waals surface area contributed by atoms with Crippen molar-refractivity contribution in [2.24, 2.45) is 0 Å². The number of carboxylic acid groups (broad SMARTS) is 1. The lowest BCUT2D eigenvalue weighted by Crippen LogP contribution is -2.20. The predicted molar refractivity (Wildman–Crippen MR) is 163 cm³/mol. The van der Waals surface area contributed by atoms with Crippen molar-refractivity contribution in [2.45, 2.75) is 0 Å². The summed E-state index contributed by atoms with van der Waals surface area (Å²) < 4.78 is 3.85. The van der Waals surface area contributed by atoms with Crippen LogP contribution in [-0.4, -0.2) is 22.9 Å². The first-order valence-electron chi connectivity index (χ1n) is 7.32. The number of hydrogen-bond acceptors (Lipinski definition) is 3. The fourth-order valence-electron chi connectivity index (χ4n) is 2.16. The molecule has 2 rings (SSSR count). The molecule has 0 bridgehead atoms. The molecule has 0 aromatic heterocycles. The van der Waals surface area contributed by atoms with E-state index < -0.39 is 11.9 Å². The van der Waals surface area contributed by atoms with Gasteiger partial charge in [-0.2, -0.15) is 0 Å². The fraction of sp³-hybridized carbons (Fsp3) is 0. The zero-order chi connectivity index (χ0) is 22.0. The molecule has 0 aliphatic carbocycles. The average molecular weight is 1070 g/mol. The first-order valence-corrected chi connectivity index (χ1v) is 13.8. The molecule has 0 fully saturated rings. The highest BCUT2D eigenvalue weighted by Crippen LogP contribution is 2.35. The summed E-state index contributed by atoms with van der Waals surface area (Å²) in [5.74, 6) is -1.82. The van der Waals surface area contributed by atoms with Gasteiger partial charge in [0.05, 0.1) is 29.6 Å². The van der Waals surface area contributed by atoms with Gasteiger partial charge in [-0.25, -0.2) is 4.79 Å². The second-order valence-electron chi connectivity index (χ2n) is 5.26. The number of halogens is 6. The molecule has 0 saturated heterocycles. The molecule has 0 atom stereocenters. The highest BCUT2D eigenvalue weighted by molar-refractivity contribution is 14.1. The van der Waals surface area contributed by atoms with Gasteiger partial charge in [-0.15, -0.1) is 0 Å². The van der Waals surface area contributed by atoms with Crippen molar-refractivity contribution in [3.8, 4) is 0 Å². The predicted octanol–water partition coefficient (Wildman–Crippen LogP) is 6.39. The molecule has 3 N–H and O–H groups in total. The summed E-state index contributed by atoms with van der Waals surface area (Å²) in [4.78, 5) is 36.5. The average Bonchev–Trinajstić information content (AvgIpc) is 2.61. The van der Waals surface area contributed by atoms with Gasteiger partial charge in [0.25, 0.3) is 5.91 Å². The Labute approximate surface area is 248 Å². The number of carbonyl (C=O) groups is 3. The molecule has 6 nitrogen and oxygen atoms in total. The highest BCUT2D eigenvalue weighted by atomic mass is 127. The maximum Gasteiger partial charge on any atom is 0.337 e. The molecule has 29 heavy (non-hydrogen) atoms. The normalized spacial score (nSPS) is 10.4. The first kappa shape index (κ1) is 26.2. The van der Waals surface area contributed by atoms with Crippen LogP contribution in [0.4, 0.5) is 11.4 Å². The quantitative estimate of drug-likeness (QED) is 0.239. The number of rotatable bonds is 5. The molecule has 12 heteroatoms. The molecule has 152 valence electrons. The Morgan fingerprint density at radius 1 is 0.793 bits per heavy atom. The van der Waals surface area contributed by atoms with Gasteiger partial charge >= 0.3 is 5.97 Å². The Morgan fingerprint density at radius 2 is 1.24 bits per heavy atom. The molecule has 0 unspecified atom stereocenters. The van der Waals surface area contributed by atoms with Gasteiger partial charge in [-0.1, -0.05) is 6.58 Å². The smallest absolute Gasteiger partial charge is 0.337 e. The number of nitrogens with one attached hydrogen (secondary N) is 2. The Hall–Kier alpha value is 0.970. The monoisotopic (exact) mass is 1070 g/mol. The third-order valence-corrected chi connectivity index (χ3v) is 9.01. The van der Waals surface area contributed by atoms with Gasteiger partial charge in [0, 0.05) is 14.3 Å². The van der Waals surface area contributed by atoms with Crippen LogP contribution in [0.3, 0.4) is 0 Å². The second-order valence-corrected chi connectivity index (χ2v) is 12.1. The number of anilines is 2. The summed E-state index contributed by atoms with van der Waals surface area (Å²) >= 11 is 12.1. The lowest BCUT2D eigenvalue weighted by atomic mass is 10.1. The molecular formula is C17H8I6N2O4. The summed E-state index contributed by atoms with van der Waals surface area (Å²) in [6.45, 7) is 3.45. The maximum absolute atomic E-state index is 13.1.